The highest BCUT2D eigenvalue weighted by molar-refractivity contribution is 7.17. The van der Waals surface area contributed by atoms with Crippen LogP contribution < -0.4 is 5.43 Å². The van der Waals surface area contributed by atoms with Crippen molar-refractivity contribution < 1.29 is 0 Å². The van der Waals surface area contributed by atoms with Crippen LogP contribution in [0.2, 0.25) is 10.0 Å². The lowest BCUT2D eigenvalue weighted by Crippen LogP contribution is -1.90. The molecule has 1 N–H and O–H groups in total. The molecule has 1 aromatic carbocycles. The van der Waals surface area contributed by atoms with Gasteiger partial charge in [0.05, 0.1) is 21.8 Å². The molecule has 3 nitrogen and oxygen atoms in total. The van der Waals surface area contributed by atoms with E-state index in [1.807, 2.05) is 17.5 Å². The highest BCUT2D eigenvalue weighted by Gasteiger charge is 2.10. The molecule has 0 aliphatic heterocycles. The van der Waals surface area contributed by atoms with Gasteiger partial charge in [0, 0.05) is 15.5 Å². The summed E-state index contributed by atoms with van der Waals surface area (Å²) in [4.78, 5) is 6.89. The van der Waals surface area contributed by atoms with Crippen LogP contribution in [-0.4, -0.2) is 11.2 Å². The van der Waals surface area contributed by atoms with Gasteiger partial charge < -0.3 is 0 Å². The van der Waals surface area contributed by atoms with Crippen molar-refractivity contribution in [1.29, 1.82) is 0 Å². The molecule has 112 valence electrons. The lowest BCUT2D eigenvalue weighted by atomic mass is 10.2. The molecule has 0 spiro atoms. The first-order valence-corrected chi connectivity index (χ1v) is 8.84. The van der Waals surface area contributed by atoms with Gasteiger partial charge in [-0.2, -0.15) is 5.10 Å². The van der Waals surface area contributed by atoms with Crippen LogP contribution in [0.5, 0.6) is 0 Å². The van der Waals surface area contributed by atoms with Crippen LogP contribution in [0.3, 0.4) is 0 Å². The molecule has 0 bridgehead atoms. The Hall–Kier alpha value is -1.40. The molecule has 0 amide bonds. The first-order valence-electron chi connectivity index (χ1n) is 6.39. The number of rotatable bonds is 4. The van der Waals surface area contributed by atoms with Crippen LogP contribution in [0.1, 0.15) is 10.4 Å². The third-order valence-corrected chi connectivity index (χ3v) is 5.19. The molecule has 0 aliphatic rings. The van der Waals surface area contributed by atoms with Crippen LogP contribution in [0.4, 0.5) is 5.13 Å². The van der Waals surface area contributed by atoms with E-state index in [-0.39, 0.29) is 0 Å². The topological polar surface area (TPSA) is 37.3 Å². The van der Waals surface area contributed by atoms with E-state index in [1.165, 1.54) is 0 Å². The van der Waals surface area contributed by atoms with E-state index >= 15 is 0 Å². The van der Waals surface area contributed by atoms with Crippen LogP contribution in [-0.2, 0) is 0 Å². The number of thiazole rings is 1. The number of anilines is 1. The number of aromatic nitrogens is 1. The lowest BCUT2D eigenvalue weighted by molar-refractivity contribution is 1.29. The summed E-state index contributed by atoms with van der Waals surface area (Å²) in [7, 11) is 0. The van der Waals surface area contributed by atoms with Crippen LogP contribution in [0.15, 0.2) is 40.8 Å². The maximum atomic E-state index is 6.09. The standard InChI is InChI=1S/C15H11Cl2N3S2/c1-9-14(13-3-2-6-21-13)19-15(22-9)20-18-8-10-4-5-11(16)7-12(10)17/h2-8H,1H3,(H,19,20)/b18-8-. The first kappa shape index (κ1) is 15.5. The Balaban J connectivity index is 1.74. The van der Waals surface area contributed by atoms with E-state index in [9.17, 15) is 0 Å². The van der Waals surface area contributed by atoms with Crippen molar-refractivity contribution in [3.05, 3.63) is 56.2 Å². The van der Waals surface area contributed by atoms with Gasteiger partial charge >= 0.3 is 0 Å². The minimum absolute atomic E-state index is 0.563. The maximum Gasteiger partial charge on any atom is 0.204 e. The summed E-state index contributed by atoms with van der Waals surface area (Å²) in [5.41, 5.74) is 4.75. The highest BCUT2D eigenvalue weighted by atomic mass is 35.5. The van der Waals surface area contributed by atoms with E-state index in [2.05, 4.69) is 28.5 Å². The zero-order valence-corrected chi connectivity index (χ0v) is 14.7. The molecular weight excluding hydrogens is 357 g/mol. The van der Waals surface area contributed by atoms with Crippen LogP contribution >= 0.6 is 45.9 Å². The molecule has 0 unspecified atom stereocenters. The molecule has 0 atom stereocenters. The van der Waals surface area contributed by atoms with Crippen molar-refractivity contribution in [3.63, 3.8) is 0 Å². The quantitative estimate of drug-likeness (QED) is 0.458. The summed E-state index contributed by atoms with van der Waals surface area (Å²) in [5, 5.41) is 8.15. The maximum absolute atomic E-state index is 6.09. The van der Waals surface area contributed by atoms with Gasteiger partial charge in [0.1, 0.15) is 0 Å². The van der Waals surface area contributed by atoms with Crippen LogP contribution in [0, 0.1) is 6.92 Å². The van der Waals surface area contributed by atoms with E-state index < -0.39 is 0 Å². The zero-order chi connectivity index (χ0) is 15.5. The van der Waals surface area contributed by atoms with E-state index in [0.29, 0.717) is 10.0 Å². The number of thiophene rings is 1. The zero-order valence-electron chi connectivity index (χ0n) is 11.5. The van der Waals surface area contributed by atoms with E-state index in [0.717, 1.165) is 26.1 Å². The number of hydrazone groups is 1. The molecule has 0 saturated carbocycles. The van der Waals surface area contributed by atoms with Gasteiger partial charge in [0.15, 0.2) is 0 Å². The van der Waals surface area contributed by atoms with Gasteiger partial charge in [0.2, 0.25) is 5.13 Å². The van der Waals surface area contributed by atoms with Gasteiger partial charge in [0.25, 0.3) is 0 Å². The van der Waals surface area contributed by atoms with Gasteiger partial charge in [-0.05, 0) is 30.5 Å². The Bertz CT molecular complexity index is 810. The highest BCUT2D eigenvalue weighted by Crippen LogP contribution is 2.32. The van der Waals surface area contributed by atoms with Gasteiger partial charge in [-0.15, -0.1) is 22.7 Å². The van der Waals surface area contributed by atoms with Crippen molar-refractivity contribution in [2.75, 3.05) is 5.43 Å². The van der Waals surface area contributed by atoms with Crippen molar-refractivity contribution in [3.8, 4) is 10.6 Å². The van der Waals surface area contributed by atoms with Crippen LogP contribution in [0.25, 0.3) is 10.6 Å². The smallest absolute Gasteiger partial charge is 0.204 e. The Morgan fingerprint density at radius 3 is 2.86 bits per heavy atom. The number of halogens is 2. The SMILES string of the molecule is Cc1sc(N/N=C\c2ccc(Cl)cc2Cl)nc1-c1cccs1. The minimum atomic E-state index is 0.563. The summed E-state index contributed by atoms with van der Waals surface area (Å²) in [6, 6.07) is 9.37. The molecule has 7 heteroatoms. The number of hydrogen-bond donors (Lipinski definition) is 1. The second kappa shape index (κ2) is 6.79. The molecule has 0 fully saturated rings. The van der Waals surface area contributed by atoms with Crippen molar-refractivity contribution in [2.45, 2.75) is 6.92 Å². The fraction of sp³-hybridized carbons (Fsp3) is 0.0667. The second-order valence-electron chi connectivity index (χ2n) is 4.44. The normalized spacial score (nSPS) is 11.2. The Labute approximate surface area is 146 Å². The van der Waals surface area contributed by atoms with E-state index in [4.69, 9.17) is 23.2 Å². The lowest BCUT2D eigenvalue weighted by Gasteiger charge is -1.98. The fourth-order valence-electron chi connectivity index (χ4n) is 1.85. The first-order chi connectivity index (χ1) is 10.6. The van der Waals surface area contributed by atoms with Crippen molar-refractivity contribution >= 4 is 57.2 Å². The molecule has 3 aromatic rings. The fourth-order valence-corrected chi connectivity index (χ4v) is 3.92. The average Bonchev–Trinajstić information content (AvgIpc) is 3.10. The predicted molar refractivity (Wildman–Crippen MR) is 97.8 cm³/mol. The van der Waals surface area contributed by atoms with Crippen molar-refractivity contribution in [1.82, 2.24) is 4.98 Å². The Morgan fingerprint density at radius 1 is 1.27 bits per heavy atom. The van der Waals surface area contributed by atoms with Gasteiger partial charge in [-0.25, -0.2) is 4.98 Å². The molecule has 22 heavy (non-hydrogen) atoms. The largest absolute Gasteiger partial charge is 0.253 e. The molecule has 0 saturated heterocycles. The second-order valence-corrected chi connectivity index (χ2v) is 7.43. The number of aryl methyl sites for hydroxylation is 1. The monoisotopic (exact) mass is 367 g/mol. The van der Waals surface area contributed by atoms with Crippen molar-refractivity contribution in [2.24, 2.45) is 5.10 Å². The summed E-state index contributed by atoms with van der Waals surface area (Å²) in [6.45, 7) is 2.05. The number of benzene rings is 1. The molecular formula is C15H11Cl2N3S2. The average molecular weight is 368 g/mol. The Morgan fingerprint density at radius 2 is 2.14 bits per heavy atom. The number of nitrogens with zero attached hydrogens (tertiary/aromatic N) is 2. The molecule has 3 rings (SSSR count). The summed E-state index contributed by atoms with van der Waals surface area (Å²) in [5.74, 6) is 0. The number of hydrogen-bond acceptors (Lipinski definition) is 5. The third-order valence-electron chi connectivity index (χ3n) is 2.88. The molecule has 2 heterocycles. The van der Waals surface area contributed by atoms with Gasteiger partial charge in [-0.1, -0.05) is 35.3 Å². The minimum Gasteiger partial charge on any atom is -0.253 e. The molecule has 2 aromatic heterocycles. The summed E-state index contributed by atoms with van der Waals surface area (Å²) < 4.78 is 0. The Kier molecular flexibility index (Phi) is 4.78. The third kappa shape index (κ3) is 3.50. The van der Waals surface area contributed by atoms with E-state index in [1.54, 1.807) is 41.0 Å². The summed E-state index contributed by atoms with van der Waals surface area (Å²) in [6.07, 6.45) is 1.65. The predicted octanol–water partition coefficient (Wildman–Crippen LogP) is 5.93. The van der Waals surface area contributed by atoms with Gasteiger partial charge in [-0.3, -0.25) is 5.43 Å². The summed E-state index contributed by atoms with van der Waals surface area (Å²) >= 11 is 15.2. The molecule has 0 aliphatic carbocycles. The number of nitrogens with one attached hydrogen (secondary N) is 1. The molecule has 0 radical (unpaired) electrons.